The molecular weight excluding hydrogens is 390 g/mol. The minimum Gasteiger partial charge on any atom is -0.490 e. The summed E-state index contributed by atoms with van der Waals surface area (Å²) in [7, 11) is 0. The third-order valence-electron chi connectivity index (χ3n) is 4.57. The third kappa shape index (κ3) is 4.12. The number of para-hydroxylation sites is 3. The molecule has 0 saturated carbocycles. The van der Waals surface area contributed by atoms with Crippen molar-refractivity contribution < 1.29 is 13.9 Å². The molecule has 0 saturated heterocycles. The Hall–Kier alpha value is -3.25. The first-order valence-corrected chi connectivity index (χ1v) is 9.68. The van der Waals surface area contributed by atoms with Crippen LogP contribution >= 0.6 is 11.6 Å². The predicted octanol–water partition coefficient (Wildman–Crippen LogP) is 4.85. The highest BCUT2D eigenvalue weighted by atomic mass is 35.5. The summed E-state index contributed by atoms with van der Waals surface area (Å²) in [5.74, 6) is 1.36. The molecule has 0 unspecified atom stereocenters. The lowest BCUT2D eigenvalue weighted by Gasteiger charge is -2.16. The predicted molar refractivity (Wildman–Crippen MR) is 111 cm³/mol. The van der Waals surface area contributed by atoms with Gasteiger partial charge in [-0.05, 0) is 43.3 Å². The summed E-state index contributed by atoms with van der Waals surface area (Å²) >= 11 is 6.17. The summed E-state index contributed by atoms with van der Waals surface area (Å²) in [6, 6.07) is 18.2. The molecule has 0 aliphatic carbocycles. The monoisotopic (exact) mass is 409 g/mol. The number of nitrogens with zero attached hydrogens (tertiary/aromatic N) is 2. The fraction of sp³-hybridized carbons (Fsp3) is 0.182. The Morgan fingerprint density at radius 1 is 1.17 bits per heavy atom. The number of amides is 1. The minimum atomic E-state index is -0.319. The zero-order chi connectivity index (χ0) is 20.2. The van der Waals surface area contributed by atoms with E-state index in [-0.39, 0.29) is 17.7 Å². The van der Waals surface area contributed by atoms with Gasteiger partial charge in [0.15, 0.2) is 5.76 Å². The fourth-order valence-corrected chi connectivity index (χ4v) is 3.40. The van der Waals surface area contributed by atoms with Gasteiger partial charge in [-0.3, -0.25) is 4.79 Å². The molecule has 2 aromatic carbocycles. The van der Waals surface area contributed by atoms with Crippen LogP contribution in [-0.4, -0.2) is 22.1 Å². The molecular formula is C22H20ClN3O3. The van der Waals surface area contributed by atoms with E-state index in [9.17, 15) is 4.79 Å². The first kappa shape index (κ1) is 19.1. The number of nitrogens with one attached hydrogen (secondary N) is 1. The lowest BCUT2D eigenvalue weighted by atomic mass is 10.3. The van der Waals surface area contributed by atoms with Gasteiger partial charge < -0.3 is 19.0 Å². The molecule has 1 amide bonds. The molecule has 29 heavy (non-hydrogen) atoms. The van der Waals surface area contributed by atoms with Crippen LogP contribution in [0.25, 0.3) is 11.0 Å². The second-order valence-corrected chi connectivity index (χ2v) is 6.97. The van der Waals surface area contributed by atoms with Gasteiger partial charge in [-0.25, -0.2) is 4.98 Å². The van der Waals surface area contributed by atoms with E-state index in [1.54, 1.807) is 18.2 Å². The van der Waals surface area contributed by atoms with Gasteiger partial charge in [0.25, 0.3) is 5.91 Å². The third-order valence-corrected chi connectivity index (χ3v) is 4.89. The van der Waals surface area contributed by atoms with Crippen LogP contribution in [0.4, 0.5) is 0 Å². The number of ether oxygens (including phenoxy) is 1. The van der Waals surface area contributed by atoms with Crippen molar-refractivity contribution in [2.24, 2.45) is 0 Å². The van der Waals surface area contributed by atoms with Crippen molar-refractivity contribution in [3.8, 4) is 5.75 Å². The average Bonchev–Trinajstić information content (AvgIpc) is 3.38. The van der Waals surface area contributed by atoms with Gasteiger partial charge in [-0.15, -0.1) is 0 Å². The molecule has 4 rings (SSSR count). The first-order chi connectivity index (χ1) is 14.1. The van der Waals surface area contributed by atoms with E-state index in [0.717, 1.165) is 16.9 Å². The Kier molecular flexibility index (Phi) is 5.53. The largest absolute Gasteiger partial charge is 0.490 e. The Morgan fingerprint density at radius 2 is 1.97 bits per heavy atom. The number of hydrogen-bond acceptors (Lipinski definition) is 4. The molecule has 4 aromatic rings. The van der Waals surface area contributed by atoms with E-state index in [2.05, 4.69) is 9.88 Å². The van der Waals surface area contributed by atoms with Crippen LogP contribution in [0.3, 0.4) is 0 Å². The highest BCUT2D eigenvalue weighted by Gasteiger charge is 2.20. The van der Waals surface area contributed by atoms with Crippen LogP contribution in [0.15, 0.2) is 71.3 Å². The van der Waals surface area contributed by atoms with E-state index in [4.69, 9.17) is 25.7 Å². The minimum absolute atomic E-state index is 0.265. The van der Waals surface area contributed by atoms with Crippen LogP contribution in [0, 0.1) is 0 Å². The zero-order valence-electron chi connectivity index (χ0n) is 15.8. The highest BCUT2D eigenvalue weighted by molar-refractivity contribution is 6.32. The quantitative estimate of drug-likeness (QED) is 0.473. The van der Waals surface area contributed by atoms with Crippen LogP contribution in [0.5, 0.6) is 5.75 Å². The van der Waals surface area contributed by atoms with Crippen molar-refractivity contribution in [3.05, 3.63) is 83.5 Å². The molecule has 148 valence electrons. The molecule has 1 atom stereocenters. The van der Waals surface area contributed by atoms with E-state index in [1.165, 1.54) is 6.26 Å². The smallest absolute Gasteiger partial charge is 0.287 e. The van der Waals surface area contributed by atoms with Crippen molar-refractivity contribution in [2.45, 2.75) is 19.5 Å². The maximum atomic E-state index is 12.4. The molecule has 0 fully saturated rings. The van der Waals surface area contributed by atoms with Crippen LogP contribution < -0.4 is 10.1 Å². The van der Waals surface area contributed by atoms with E-state index >= 15 is 0 Å². The molecule has 0 radical (unpaired) electrons. The summed E-state index contributed by atoms with van der Waals surface area (Å²) in [6.45, 7) is 2.87. The second-order valence-electron chi connectivity index (χ2n) is 6.56. The van der Waals surface area contributed by atoms with Crippen LogP contribution in [-0.2, 0) is 6.54 Å². The molecule has 6 nitrogen and oxygen atoms in total. The standard InChI is InChI=1S/C22H20ClN3O3/c1-15(24-22(27)20-11-6-13-28-20)21-25-17-8-3-4-9-18(17)26(21)12-14-29-19-10-5-2-7-16(19)23/h2-11,13,15H,12,14H2,1H3,(H,24,27)/t15-/m1/s1. The van der Waals surface area contributed by atoms with Crippen molar-refractivity contribution in [1.29, 1.82) is 0 Å². The topological polar surface area (TPSA) is 69.3 Å². The number of aromatic nitrogens is 2. The second kappa shape index (κ2) is 8.41. The molecule has 2 aromatic heterocycles. The van der Waals surface area contributed by atoms with E-state index in [1.807, 2.05) is 49.4 Å². The number of fused-ring (bicyclic) bond motifs is 1. The number of carbonyl (C=O) groups excluding carboxylic acids is 1. The number of benzene rings is 2. The average molecular weight is 410 g/mol. The Bertz CT molecular complexity index is 1120. The summed E-state index contributed by atoms with van der Waals surface area (Å²) in [6.07, 6.45) is 1.47. The summed E-state index contributed by atoms with van der Waals surface area (Å²) in [5.41, 5.74) is 1.84. The maximum absolute atomic E-state index is 12.4. The van der Waals surface area contributed by atoms with Gasteiger partial charge in [-0.2, -0.15) is 0 Å². The van der Waals surface area contributed by atoms with Gasteiger partial charge in [0, 0.05) is 0 Å². The number of imidazole rings is 1. The molecule has 0 aliphatic rings. The zero-order valence-corrected chi connectivity index (χ0v) is 16.6. The highest BCUT2D eigenvalue weighted by Crippen LogP contribution is 2.24. The molecule has 1 N–H and O–H groups in total. The molecule has 0 bridgehead atoms. The van der Waals surface area contributed by atoms with E-state index < -0.39 is 0 Å². The lowest BCUT2D eigenvalue weighted by Crippen LogP contribution is -2.28. The summed E-state index contributed by atoms with van der Waals surface area (Å²) in [5, 5.41) is 3.51. The van der Waals surface area contributed by atoms with Crippen molar-refractivity contribution in [1.82, 2.24) is 14.9 Å². The number of hydrogen-bond donors (Lipinski definition) is 1. The van der Waals surface area contributed by atoms with Gasteiger partial charge in [0.05, 0.1) is 34.9 Å². The van der Waals surface area contributed by atoms with Crippen molar-refractivity contribution in [2.75, 3.05) is 6.61 Å². The maximum Gasteiger partial charge on any atom is 0.287 e. The van der Waals surface area contributed by atoms with Gasteiger partial charge in [0.1, 0.15) is 18.2 Å². The van der Waals surface area contributed by atoms with Crippen molar-refractivity contribution in [3.63, 3.8) is 0 Å². The SMILES string of the molecule is C[C@@H](NC(=O)c1ccco1)c1nc2ccccc2n1CCOc1ccccc1Cl. The van der Waals surface area contributed by atoms with Gasteiger partial charge in [0.2, 0.25) is 0 Å². The van der Waals surface area contributed by atoms with Crippen LogP contribution in [0.1, 0.15) is 29.3 Å². The number of rotatable bonds is 7. The van der Waals surface area contributed by atoms with E-state index in [0.29, 0.717) is 23.9 Å². The summed E-state index contributed by atoms with van der Waals surface area (Å²) in [4.78, 5) is 17.1. The fourth-order valence-electron chi connectivity index (χ4n) is 3.21. The Morgan fingerprint density at radius 3 is 2.76 bits per heavy atom. The number of carbonyl (C=O) groups is 1. The molecule has 2 heterocycles. The molecule has 7 heteroatoms. The Labute approximate surface area is 173 Å². The lowest BCUT2D eigenvalue weighted by molar-refractivity contribution is 0.0909. The molecule has 0 spiro atoms. The molecule has 0 aliphatic heterocycles. The first-order valence-electron chi connectivity index (χ1n) is 9.30. The Balaban J connectivity index is 1.55. The van der Waals surface area contributed by atoms with Gasteiger partial charge >= 0.3 is 0 Å². The van der Waals surface area contributed by atoms with Crippen LogP contribution in [0.2, 0.25) is 5.02 Å². The van der Waals surface area contributed by atoms with Crippen molar-refractivity contribution >= 4 is 28.5 Å². The number of furan rings is 1. The summed E-state index contributed by atoms with van der Waals surface area (Å²) < 4.78 is 13.1. The normalized spacial score (nSPS) is 12.1. The van der Waals surface area contributed by atoms with Gasteiger partial charge in [-0.1, -0.05) is 35.9 Å². The number of halogens is 1.